The lowest BCUT2D eigenvalue weighted by Crippen LogP contribution is -2.16. The molecule has 0 unspecified atom stereocenters. The predicted octanol–water partition coefficient (Wildman–Crippen LogP) is 3.55. The molecule has 28 heavy (non-hydrogen) atoms. The molecule has 0 spiro atoms. The molecule has 2 aromatic heterocycles. The van der Waals surface area contributed by atoms with Gasteiger partial charge in [0.25, 0.3) is 5.69 Å². The molecule has 9 heteroatoms. The second-order valence-electron chi connectivity index (χ2n) is 6.20. The van der Waals surface area contributed by atoms with Gasteiger partial charge in [-0.2, -0.15) is 5.10 Å². The number of hydrogen-bond donors (Lipinski definition) is 1. The van der Waals surface area contributed by atoms with Gasteiger partial charge in [-0.3, -0.25) is 14.9 Å². The largest absolute Gasteiger partial charge is 0.493 e. The van der Waals surface area contributed by atoms with E-state index >= 15 is 0 Å². The molecule has 146 valence electrons. The van der Waals surface area contributed by atoms with Crippen LogP contribution >= 0.6 is 0 Å². The monoisotopic (exact) mass is 384 g/mol. The van der Waals surface area contributed by atoms with Crippen molar-refractivity contribution >= 4 is 28.8 Å². The number of amides is 1. The third-order valence-corrected chi connectivity index (χ3v) is 4.52. The maximum atomic E-state index is 12.3. The number of methoxy groups -OCH3 is 1. The second-order valence-corrected chi connectivity index (χ2v) is 6.20. The fourth-order valence-corrected chi connectivity index (χ4v) is 3.14. The van der Waals surface area contributed by atoms with E-state index in [1.54, 1.807) is 6.21 Å². The Morgan fingerprint density at radius 1 is 1.36 bits per heavy atom. The minimum absolute atomic E-state index is 0.0232. The summed E-state index contributed by atoms with van der Waals surface area (Å²) in [6.07, 6.45) is 1.57. The maximum Gasteiger partial charge on any atom is 0.307 e. The minimum atomic E-state index is -0.568. The molecule has 0 radical (unpaired) electrons. The number of nitrogens with one attached hydrogen (secondary N) is 1. The van der Waals surface area contributed by atoms with E-state index in [0.29, 0.717) is 5.39 Å². The van der Waals surface area contributed by atoms with Gasteiger partial charge in [0.15, 0.2) is 17.1 Å². The lowest BCUT2D eigenvalue weighted by Gasteiger charge is -2.04. The SMILES string of the molecule is CCn1c(C)cc(/C=N\NC(=O)c2cc3cc([N+](=O)[O-])cc(OC)c3o2)c1C. The maximum absolute atomic E-state index is 12.3. The predicted molar refractivity (Wildman–Crippen MR) is 104 cm³/mol. The Morgan fingerprint density at radius 2 is 2.11 bits per heavy atom. The summed E-state index contributed by atoms with van der Waals surface area (Å²) < 4.78 is 12.8. The topological polar surface area (TPSA) is 112 Å². The van der Waals surface area contributed by atoms with E-state index in [4.69, 9.17) is 9.15 Å². The number of non-ortho nitro benzene ring substituents is 1. The van der Waals surface area contributed by atoms with Crippen LogP contribution in [-0.4, -0.2) is 28.7 Å². The highest BCUT2D eigenvalue weighted by Gasteiger charge is 2.19. The molecular formula is C19H20N4O5. The van der Waals surface area contributed by atoms with E-state index in [1.165, 1.54) is 25.3 Å². The standard InChI is InChI=1S/C19H20N4O5/c1-5-22-11(2)6-14(12(22)3)10-20-21-19(24)17-8-13-7-15(23(25)26)9-16(27-4)18(13)28-17/h6-10H,5H2,1-4H3,(H,21,24)/b20-10-. The fourth-order valence-electron chi connectivity index (χ4n) is 3.14. The number of rotatable bonds is 6. The molecule has 2 heterocycles. The number of nitro groups is 1. The van der Waals surface area contributed by atoms with Gasteiger partial charge >= 0.3 is 5.91 Å². The first-order valence-corrected chi connectivity index (χ1v) is 8.61. The molecule has 0 saturated heterocycles. The zero-order valence-corrected chi connectivity index (χ0v) is 16.0. The average molecular weight is 384 g/mol. The number of ether oxygens (including phenoxy) is 1. The molecule has 1 amide bonds. The Balaban J connectivity index is 1.83. The van der Waals surface area contributed by atoms with Crippen molar-refractivity contribution in [3.8, 4) is 5.75 Å². The van der Waals surface area contributed by atoms with Crippen LogP contribution in [0.2, 0.25) is 0 Å². The van der Waals surface area contributed by atoms with Crippen molar-refractivity contribution in [3.05, 3.63) is 57.1 Å². The van der Waals surface area contributed by atoms with E-state index < -0.39 is 10.8 Å². The van der Waals surface area contributed by atoms with Crippen molar-refractivity contribution in [2.45, 2.75) is 27.3 Å². The second kappa shape index (κ2) is 7.55. The molecule has 3 aromatic rings. The molecule has 9 nitrogen and oxygen atoms in total. The third-order valence-electron chi connectivity index (χ3n) is 4.52. The lowest BCUT2D eigenvalue weighted by atomic mass is 10.2. The Labute approximate surface area is 160 Å². The van der Waals surface area contributed by atoms with Gasteiger partial charge in [-0.1, -0.05) is 0 Å². The Hall–Kier alpha value is -3.62. The van der Waals surface area contributed by atoms with Crippen molar-refractivity contribution in [1.82, 2.24) is 9.99 Å². The summed E-state index contributed by atoms with van der Waals surface area (Å²) in [5.41, 5.74) is 5.59. The molecular weight excluding hydrogens is 364 g/mol. The zero-order chi connectivity index (χ0) is 20.4. The number of benzene rings is 1. The van der Waals surface area contributed by atoms with Crippen LogP contribution in [0.5, 0.6) is 5.75 Å². The summed E-state index contributed by atoms with van der Waals surface area (Å²) in [6, 6.07) is 5.97. The quantitative estimate of drug-likeness (QED) is 0.397. The number of hydrogen-bond acceptors (Lipinski definition) is 6. The molecule has 0 aliphatic heterocycles. The van der Waals surface area contributed by atoms with Crippen molar-refractivity contribution < 1.29 is 18.9 Å². The van der Waals surface area contributed by atoms with Gasteiger partial charge in [-0.25, -0.2) is 5.43 Å². The van der Waals surface area contributed by atoms with E-state index in [0.717, 1.165) is 23.5 Å². The number of carbonyl (C=O) groups is 1. The van der Waals surface area contributed by atoms with E-state index in [9.17, 15) is 14.9 Å². The fraction of sp³-hybridized carbons (Fsp3) is 0.263. The highest BCUT2D eigenvalue weighted by molar-refractivity contribution is 5.98. The summed E-state index contributed by atoms with van der Waals surface area (Å²) in [4.78, 5) is 22.8. The Bertz CT molecular complexity index is 1090. The highest BCUT2D eigenvalue weighted by Crippen LogP contribution is 2.33. The molecule has 0 atom stereocenters. The van der Waals surface area contributed by atoms with Crippen LogP contribution in [0.25, 0.3) is 11.0 Å². The molecule has 1 aromatic carbocycles. The van der Waals surface area contributed by atoms with Crippen LogP contribution in [0.4, 0.5) is 5.69 Å². The van der Waals surface area contributed by atoms with Gasteiger partial charge in [-0.15, -0.1) is 0 Å². The Morgan fingerprint density at radius 3 is 2.71 bits per heavy atom. The molecule has 0 aliphatic rings. The molecule has 0 bridgehead atoms. The number of fused-ring (bicyclic) bond motifs is 1. The van der Waals surface area contributed by atoms with Gasteiger partial charge in [0.05, 0.1) is 24.3 Å². The molecule has 1 N–H and O–H groups in total. The van der Waals surface area contributed by atoms with Crippen LogP contribution in [0.1, 0.15) is 34.4 Å². The number of hydrazone groups is 1. The average Bonchev–Trinajstić information content (AvgIpc) is 3.21. The van der Waals surface area contributed by atoms with Crippen LogP contribution < -0.4 is 10.2 Å². The van der Waals surface area contributed by atoms with E-state index in [1.807, 2.05) is 19.9 Å². The van der Waals surface area contributed by atoms with Crippen molar-refractivity contribution in [3.63, 3.8) is 0 Å². The summed E-state index contributed by atoms with van der Waals surface area (Å²) >= 11 is 0. The summed E-state index contributed by atoms with van der Waals surface area (Å²) in [7, 11) is 1.37. The number of nitrogens with zero attached hydrogens (tertiary/aromatic N) is 3. The number of aromatic nitrogens is 1. The normalized spacial score (nSPS) is 11.3. The third kappa shape index (κ3) is 3.46. The van der Waals surface area contributed by atoms with Gasteiger partial charge < -0.3 is 13.7 Å². The Kier molecular flexibility index (Phi) is 5.16. The smallest absolute Gasteiger partial charge is 0.307 e. The first-order valence-electron chi connectivity index (χ1n) is 8.61. The molecule has 0 fully saturated rings. The zero-order valence-electron chi connectivity index (χ0n) is 16.0. The van der Waals surface area contributed by atoms with Crippen LogP contribution in [0, 0.1) is 24.0 Å². The molecule has 0 aliphatic carbocycles. The number of nitro benzene ring substituents is 1. The summed E-state index contributed by atoms with van der Waals surface area (Å²) in [6.45, 7) is 6.90. The first-order chi connectivity index (χ1) is 13.3. The number of furan rings is 1. The first kappa shape index (κ1) is 19.2. The van der Waals surface area contributed by atoms with Crippen molar-refractivity contribution in [2.24, 2.45) is 5.10 Å². The number of aryl methyl sites for hydroxylation is 1. The van der Waals surface area contributed by atoms with E-state index in [-0.39, 0.29) is 22.8 Å². The van der Waals surface area contributed by atoms with Crippen LogP contribution in [-0.2, 0) is 6.54 Å². The van der Waals surface area contributed by atoms with Crippen LogP contribution in [0.3, 0.4) is 0 Å². The minimum Gasteiger partial charge on any atom is -0.493 e. The van der Waals surface area contributed by atoms with Gasteiger partial charge in [0.2, 0.25) is 0 Å². The summed E-state index contributed by atoms with van der Waals surface area (Å²) in [5, 5.41) is 15.4. The van der Waals surface area contributed by atoms with Gasteiger partial charge in [0.1, 0.15) is 0 Å². The highest BCUT2D eigenvalue weighted by atomic mass is 16.6. The van der Waals surface area contributed by atoms with Crippen molar-refractivity contribution in [2.75, 3.05) is 7.11 Å². The summed E-state index contributed by atoms with van der Waals surface area (Å²) in [5.74, 6) is -0.412. The van der Waals surface area contributed by atoms with E-state index in [2.05, 4.69) is 22.0 Å². The number of carbonyl (C=O) groups excluding carboxylic acids is 1. The van der Waals surface area contributed by atoms with Crippen LogP contribution in [0.15, 0.2) is 33.8 Å². The molecule has 3 rings (SSSR count). The van der Waals surface area contributed by atoms with Gasteiger partial charge in [0, 0.05) is 34.9 Å². The van der Waals surface area contributed by atoms with Crippen molar-refractivity contribution in [1.29, 1.82) is 0 Å². The molecule has 0 saturated carbocycles. The van der Waals surface area contributed by atoms with Gasteiger partial charge in [-0.05, 0) is 32.9 Å². The lowest BCUT2D eigenvalue weighted by molar-refractivity contribution is -0.384.